The van der Waals surface area contributed by atoms with Crippen molar-refractivity contribution in [3.8, 4) is 0 Å². The van der Waals surface area contributed by atoms with Crippen molar-refractivity contribution in [1.82, 2.24) is 10.2 Å². The van der Waals surface area contributed by atoms with Crippen LogP contribution in [0, 0.1) is 0 Å². The Balaban J connectivity index is 1.53. The lowest BCUT2D eigenvalue weighted by Gasteiger charge is -2.16. The summed E-state index contributed by atoms with van der Waals surface area (Å²) in [5.74, 6) is 0.0815. The van der Waals surface area contributed by atoms with Crippen molar-refractivity contribution in [3.05, 3.63) is 48.0 Å². The molecule has 1 saturated heterocycles. The highest BCUT2D eigenvalue weighted by Gasteiger charge is 2.39. The van der Waals surface area contributed by atoms with E-state index in [2.05, 4.69) is 5.32 Å². The van der Waals surface area contributed by atoms with Crippen LogP contribution in [0.4, 0.5) is 0 Å². The maximum atomic E-state index is 12.6. The fourth-order valence-corrected chi connectivity index (χ4v) is 3.25. The van der Waals surface area contributed by atoms with Gasteiger partial charge in [-0.3, -0.25) is 9.59 Å². The maximum absolute atomic E-state index is 12.6. The summed E-state index contributed by atoms with van der Waals surface area (Å²) in [5, 5.41) is 5.03. The molecule has 4 heteroatoms. The molecule has 1 atom stereocenters. The first kappa shape index (κ1) is 13.3. The smallest absolute Gasteiger partial charge is 0.252 e. The molecule has 1 aliphatic carbocycles. The number of benzene rings is 2. The molecule has 2 aromatic rings. The number of hydrogen-bond acceptors (Lipinski definition) is 2. The van der Waals surface area contributed by atoms with Crippen LogP contribution in [0.3, 0.4) is 0 Å². The molecule has 1 N–H and O–H groups in total. The van der Waals surface area contributed by atoms with Crippen molar-refractivity contribution in [2.75, 3.05) is 6.54 Å². The number of fused-ring (bicyclic) bond motifs is 1. The fraction of sp³-hybridized carbons (Fsp3) is 0.333. The van der Waals surface area contributed by atoms with Gasteiger partial charge in [-0.2, -0.15) is 0 Å². The summed E-state index contributed by atoms with van der Waals surface area (Å²) < 4.78 is 0. The lowest BCUT2D eigenvalue weighted by Crippen LogP contribution is -2.37. The first-order valence-corrected chi connectivity index (χ1v) is 7.80. The van der Waals surface area contributed by atoms with Crippen LogP contribution in [0.25, 0.3) is 10.8 Å². The molecule has 1 aliphatic heterocycles. The highest BCUT2D eigenvalue weighted by molar-refractivity contribution is 6.07. The first-order chi connectivity index (χ1) is 10.7. The van der Waals surface area contributed by atoms with E-state index < -0.39 is 0 Å². The van der Waals surface area contributed by atoms with Crippen LogP contribution in [-0.4, -0.2) is 35.3 Å². The summed E-state index contributed by atoms with van der Waals surface area (Å²) in [6.07, 6.45) is 2.64. The second-order valence-corrected chi connectivity index (χ2v) is 6.18. The van der Waals surface area contributed by atoms with Gasteiger partial charge in [0, 0.05) is 24.6 Å². The van der Waals surface area contributed by atoms with Crippen LogP contribution < -0.4 is 5.32 Å². The molecule has 2 amide bonds. The van der Waals surface area contributed by atoms with Gasteiger partial charge in [-0.15, -0.1) is 0 Å². The predicted octanol–water partition coefficient (Wildman–Crippen LogP) is 2.33. The molecule has 4 nitrogen and oxygen atoms in total. The zero-order chi connectivity index (χ0) is 15.1. The molecule has 4 rings (SSSR count). The van der Waals surface area contributed by atoms with E-state index >= 15 is 0 Å². The minimum absolute atomic E-state index is 0.0698. The average molecular weight is 294 g/mol. The first-order valence-electron chi connectivity index (χ1n) is 7.80. The van der Waals surface area contributed by atoms with Crippen molar-refractivity contribution in [3.63, 3.8) is 0 Å². The van der Waals surface area contributed by atoms with E-state index in [4.69, 9.17) is 0 Å². The fourth-order valence-electron chi connectivity index (χ4n) is 3.25. The minimum atomic E-state index is -0.0905. The van der Waals surface area contributed by atoms with E-state index in [1.165, 1.54) is 0 Å². The van der Waals surface area contributed by atoms with Crippen LogP contribution in [0.15, 0.2) is 42.5 Å². The predicted molar refractivity (Wildman–Crippen MR) is 84.6 cm³/mol. The number of hydrogen-bond donors (Lipinski definition) is 1. The van der Waals surface area contributed by atoms with Gasteiger partial charge in [0.05, 0.1) is 6.04 Å². The third-order valence-electron chi connectivity index (χ3n) is 4.52. The molecule has 0 aromatic heterocycles. The van der Waals surface area contributed by atoms with Crippen molar-refractivity contribution >= 4 is 22.6 Å². The summed E-state index contributed by atoms with van der Waals surface area (Å²) in [7, 11) is 0. The number of nitrogens with zero attached hydrogens (tertiary/aromatic N) is 1. The summed E-state index contributed by atoms with van der Waals surface area (Å²) in [6.45, 7) is 0.653. The summed E-state index contributed by atoms with van der Waals surface area (Å²) >= 11 is 0. The number of likely N-dealkylation sites (tertiary alicyclic amines) is 1. The van der Waals surface area contributed by atoms with Crippen LogP contribution in [-0.2, 0) is 4.79 Å². The third kappa shape index (κ3) is 2.34. The molecule has 2 aromatic carbocycles. The second kappa shape index (κ2) is 5.13. The molecular formula is C18H18N2O2. The molecule has 2 aliphatic rings. The molecule has 0 unspecified atom stereocenters. The van der Waals surface area contributed by atoms with Crippen molar-refractivity contribution < 1.29 is 9.59 Å². The number of carbonyl (C=O) groups excluding carboxylic acids is 2. The molecule has 2 fully saturated rings. The molecule has 1 saturated carbocycles. The van der Waals surface area contributed by atoms with Gasteiger partial charge in [0.1, 0.15) is 0 Å². The largest absolute Gasteiger partial charge is 0.347 e. The number of carbonyl (C=O) groups is 2. The van der Waals surface area contributed by atoms with Gasteiger partial charge in [0.2, 0.25) is 5.91 Å². The highest BCUT2D eigenvalue weighted by Crippen LogP contribution is 2.30. The van der Waals surface area contributed by atoms with Crippen LogP contribution in [0.1, 0.15) is 29.6 Å². The van der Waals surface area contributed by atoms with Gasteiger partial charge < -0.3 is 10.2 Å². The van der Waals surface area contributed by atoms with Crippen LogP contribution >= 0.6 is 0 Å². The quantitative estimate of drug-likeness (QED) is 0.944. The number of amides is 2. The summed E-state index contributed by atoms with van der Waals surface area (Å²) in [4.78, 5) is 26.5. The van der Waals surface area contributed by atoms with E-state index in [9.17, 15) is 9.59 Å². The van der Waals surface area contributed by atoms with Gasteiger partial charge in [-0.05, 0) is 29.7 Å². The van der Waals surface area contributed by atoms with Crippen LogP contribution in [0.2, 0.25) is 0 Å². The van der Waals surface area contributed by atoms with Crippen molar-refractivity contribution in [2.24, 2.45) is 0 Å². The Hall–Kier alpha value is -2.36. The Bertz CT molecular complexity index is 746. The normalized spacial score (nSPS) is 21.4. The SMILES string of the molecule is O=C(N[C@H]1CC(=O)N(C2CC2)C1)c1cccc2ccccc12. The zero-order valence-corrected chi connectivity index (χ0v) is 12.3. The molecule has 0 bridgehead atoms. The lowest BCUT2D eigenvalue weighted by atomic mass is 10.0. The lowest BCUT2D eigenvalue weighted by molar-refractivity contribution is -0.128. The van der Waals surface area contributed by atoms with Gasteiger partial charge in [0.15, 0.2) is 0 Å². The average Bonchev–Trinajstić information content (AvgIpc) is 3.31. The van der Waals surface area contributed by atoms with Gasteiger partial charge in [0.25, 0.3) is 5.91 Å². The Kier molecular flexibility index (Phi) is 3.10. The maximum Gasteiger partial charge on any atom is 0.252 e. The topological polar surface area (TPSA) is 49.4 Å². The Labute approximate surface area is 129 Å². The molecule has 0 radical (unpaired) electrons. The van der Waals surface area contributed by atoms with E-state index in [0.29, 0.717) is 24.6 Å². The standard InChI is InChI=1S/C18H18N2O2/c21-17-10-13(11-20(17)14-8-9-14)19-18(22)16-7-3-5-12-4-1-2-6-15(12)16/h1-7,13-14H,8-11H2,(H,19,22)/t13-/m0/s1. The summed E-state index contributed by atoms with van der Waals surface area (Å²) in [6, 6.07) is 14.0. The van der Waals surface area contributed by atoms with Crippen molar-refractivity contribution in [1.29, 1.82) is 0 Å². The van der Waals surface area contributed by atoms with E-state index in [-0.39, 0.29) is 17.9 Å². The molecular weight excluding hydrogens is 276 g/mol. The summed E-state index contributed by atoms with van der Waals surface area (Å²) in [5.41, 5.74) is 0.676. The Morgan fingerprint density at radius 1 is 1.09 bits per heavy atom. The molecule has 112 valence electrons. The molecule has 0 spiro atoms. The molecule has 22 heavy (non-hydrogen) atoms. The third-order valence-corrected chi connectivity index (χ3v) is 4.52. The Morgan fingerprint density at radius 2 is 1.86 bits per heavy atom. The van der Waals surface area contributed by atoms with E-state index in [1.54, 1.807) is 0 Å². The number of nitrogens with one attached hydrogen (secondary N) is 1. The monoisotopic (exact) mass is 294 g/mol. The second-order valence-electron chi connectivity index (χ2n) is 6.18. The van der Waals surface area contributed by atoms with Gasteiger partial charge in [-0.25, -0.2) is 0 Å². The van der Waals surface area contributed by atoms with E-state index in [1.807, 2.05) is 47.4 Å². The van der Waals surface area contributed by atoms with Gasteiger partial charge >= 0.3 is 0 Å². The van der Waals surface area contributed by atoms with Crippen molar-refractivity contribution in [2.45, 2.75) is 31.3 Å². The zero-order valence-electron chi connectivity index (χ0n) is 12.3. The number of rotatable bonds is 3. The minimum Gasteiger partial charge on any atom is -0.347 e. The molecule has 1 heterocycles. The van der Waals surface area contributed by atoms with E-state index in [0.717, 1.165) is 23.6 Å². The highest BCUT2D eigenvalue weighted by atomic mass is 16.2. The Morgan fingerprint density at radius 3 is 2.68 bits per heavy atom. The van der Waals surface area contributed by atoms with Gasteiger partial charge in [-0.1, -0.05) is 36.4 Å². The van der Waals surface area contributed by atoms with Crippen LogP contribution in [0.5, 0.6) is 0 Å².